The highest BCUT2D eigenvalue weighted by atomic mass is 32.2. The van der Waals surface area contributed by atoms with Crippen molar-refractivity contribution in [2.75, 3.05) is 5.75 Å². The molecule has 0 spiro atoms. The van der Waals surface area contributed by atoms with E-state index in [1.54, 1.807) is 24.6 Å². The van der Waals surface area contributed by atoms with E-state index in [-0.39, 0.29) is 12.3 Å². The summed E-state index contributed by atoms with van der Waals surface area (Å²) >= 11 is 0. The van der Waals surface area contributed by atoms with Crippen LogP contribution >= 0.6 is 0 Å². The third-order valence-corrected chi connectivity index (χ3v) is 4.27. The van der Waals surface area contributed by atoms with Crippen LogP contribution in [0.4, 0.5) is 0 Å². The van der Waals surface area contributed by atoms with Crippen molar-refractivity contribution in [3.63, 3.8) is 0 Å². The highest BCUT2D eigenvalue weighted by Gasteiger charge is 2.10. The van der Waals surface area contributed by atoms with Crippen LogP contribution in [0.2, 0.25) is 0 Å². The van der Waals surface area contributed by atoms with Crippen LogP contribution in [0.15, 0.2) is 41.1 Å². The molecular weight excluding hydrogens is 276 g/mol. The largest absolute Gasteiger partial charge is 0.463 e. The summed E-state index contributed by atoms with van der Waals surface area (Å²) in [6.07, 6.45) is 4.76. The van der Waals surface area contributed by atoms with E-state index in [1.807, 2.05) is 19.1 Å². The average Bonchev–Trinajstić information content (AvgIpc) is 2.98. The maximum Gasteiger partial charge on any atom is 0.211 e. The van der Waals surface area contributed by atoms with Crippen molar-refractivity contribution in [1.82, 2.24) is 9.71 Å². The molecular formula is C14H18N2O3S. The number of nitrogens with zero attached hydrogens (tertiary/aromatic N) is 1. The van der Waals surface area contributed by atoms with Crippen LogP contribution in [0.1, 0.15) is 25.3 Å². The topological polar surface area (TPSA) is 72.2 Å². The molecule has 0 atom stereocenters. The standard InChI is InChI=1S/C14H18N2O3S/c1-2-3-9-20(17,18)16-11-12-6-7-15-13(10-12)14-5-4-8-19-14/h4-8,10,16H,2-3,9,11H2,1H3. The summed E-state index contributed by atoms with van der Waals surface area (Å²) in [6.45, 7) is 2.23. The van der Waals surface area contributed by atoms with E-state index in [2.05, 4.69) is 9.71 Å². The number of furan rings is 1. The molecule has 0 saturated heterocycles. The van der Waals surface area contributed by atoms with Crippen molar-refractivity contribution in [1.29, 1.82) is 0 Å². The van der Waals surface area contributed by atoms with Gasteiger partial charge in [-0.25, -0.2) is 13.1 Å². The number of rotatable bonds is 7. The third kappa shape index (κ3) is 4.18. The lowest BCUT2D eigenvalue weighted by atomic mass is 10.2. The van der Waals surface area contributed by atoms with E-state index in [1.165, 1.54) is 0 Å². The highest BCUT2D eigenvalue weighted by Crippen LogP contribution is 2.18. The Balaban J connectivity index is 2.02. The molecule has 1 N–H and O–H groups in total. The van der Waals surface area contributed by atoms with E-state index in [9.17, 15) is 8.42 Å². The van der Waals surface area contributed by atoms with Gasteiger partial charge in [-0.15, -0.1) is 0 Å². The minimum atomic E-state index is -3.20. The molecule has 0 aromatic carbocycles. The average molecular weight is 294 g/mol. The number of nitrogens with one attached hydrogen (secondary N) is 1. The summed E-state index contributed by atoms with van der Waals surface area (Å²) in [4.78, 5) is 4.20. The molecule has 0 aliphatic heterocycles. The molecule has 2 rings (SSSR count). The van der Waals surface area contributed by atoms with Gasteiger partial charge in [0.05, 0.1) is 12.0 Å². The molecule has 0 saturated carbocycles. The number of hydrogen-bond acceptors (Lipinski definition) is 4. The van der Waals surface area contributed by atoms with Crippen LogP contribution in [0.25, 0.3) is 11.5 Å². The summed E-state index contributed by atoms with van der Waals surface area (Å²) in [5.74, 6) is 0.834. The summed E-state index contributed by atoms with van der Waals surface area (Å²) < 4.78 is 31.3. The molecule has 0 unspecified atom stereocenters. The van der Waals surface area contributed by atoms with Gasteiger partial charge < -0.3 is 4.42 Å². The molecule has 2 aromatic rings. The molecule has 0 radical (unpaired) electrons. The Bertz CT molecular complexity index is 636. The zero-order chi connectivity index (χ0) is 14.4. The van der Waals surface area contributed by atoms with E-state index in [0.717, 1.165) is 12.0 Å². The Morgan fingerprint density at radius 1 is 1.35 bits per heavy atom. The predicted molar refractivity (Wildman–Crippen MR) is 77.5 cm³/mol. The Morgan fingerprint density at radius 3 is 2.90 bits per heavy atom. The first kappa shape index (κ1) is 14.7. The summed E-state index contributed by atoms with van der Waals surface area (Å²) in [5, 5.41) is 0. The van der Waals surface area contributed by atoms with Crippen molar-refractivity contribution in [3.05, 3.63) is 42.3 Å². The first-order chi connectivity index (χ1) is 9.61. The first-order valence-electron chi connectivity index (χ1n) is 6.57. The molecule has 6 heteroatoms. The fourth-order valence-electron chi connectivity index (χ4n) is 1.74. The second kappa shape index (κ2) is 6.67. The smallest absolute Gasteiger partial charge is 0.211 e. The van der Waals surface area contributed by atoms with Gasteiger partial charge in [0.25, 0.3) is 0 Å². The van der Waals surface area contributed by atoms with Crippen LogP contribution in [-0.2, 0) is 16.6 Å². The Kier molecular flexibility index (Phi) is 4.92. The van der Waals surface area contributed by atoms with Gasteiger partial charge in [0.15, 0.2) is 5.76 Å². The van der Waals surface area contributed by atoms with Crippen LogP contribution in [0.5, 0.6) is 0 Å². The monoisotopic (exact) mass is 294 g/mol. The number of unbranched alkanes of at least 4 members (excludes halogenated alkanes) is 1. The van der Waals surface area contributed by atoms with E-state index in [0.29, 0.717) is 17.9 Å². The predicted octanol–water partition coefficient (Wildman–Crippen LogP) is 2.56. The molecule has 0 aliphatic rings. The molecule has 5 nitrogen and oxygen atoms in total. The van der Waals surface area contributed by atoms with E-state index in [4.69, 9.17) is 4.42 Å². The second-order valence-corrected chi connectivity index (χ2v) is 6.45. The van der Waals surface area contributed by atoms with Crippen LogP contribution < -0.4 is 4.72 Å². The van der Waals surface area contributed by atoms with Crippen molar-refractivity contribution in [2.24, 2.45) is 0 Å². The lowest BCUT2D eigenvalue weighted by Crippen LogP contribution is -2.25. The maximum absolute atomic E-state index is 11.7. The van der Waals surface area contributed by atoms with Gasteiger partial charge in [0.1, 0.15) is 5.69 Å². The quantitative estimate of drug-likeness (QED) is 0.852. The minimum absolute atomic E-state index is 0.166. The summed E-state index contributed by atoms with van der Waals surface area (Å²) in [5.41, 5.74) is 1.55. The van der Waals surface area contributed by atoms with Crippen molar-refractivity contribution in [2.45, 2.75) is 26.3 Å². The highest BCUT2D eigenvalue weighted by molar-refractivity contribution is 7.89. The lowest BCUT2D eigenvalue weighted by molar-refractivity contribution is 0.577. The fourth-order valence-corrected chi connectivity index (χ4v) is 2.94. The molecule has 0 fully saturated rings. The zero-order valence-corrected chi connectivity index (χ0v) is 12.2. The van der Waals surface area contributed by atoms with Crippen LogP contribution in [0, 0.1) is 0 Å². The number of pyridine rings is 1. The Hall–Kier alpha value is -1.66. The minimum Gasteiger partial charge on any atom is -0.463 e. The Morgan fingerprint density at radius 2 is 2.20 bits per heavy atom. The first-order valence-corrected chi connectivity index (χ1v) is 8.22. The van der Waals surface area contributed by atoms with Gasteiger partial charge in [0, 0.05) is 12.7 Å². The third-order valence-electron chi connectivity index (χ3n) is 2.86. The van der Waals surface area contributed by atoms with Gasteiger partial charge in [-0.1, -0.05) is 13.3 Å². The van der Waals surface area contributed by atoms with E-state index >= 15 is 0 Å². The lowest BCUT2D eigenvalue weighted by Gasteiger charge is -2.06. The number of aromatic nitrogens is 1. The van der Waals surface area contributed by atoms with Gasteiger partial charge >= 0.3 is 0 Å². The molecule has 0 bridgehead atoms. The maximum atomic E-state index is 11.7. The van der Waals surface area contributed by atoms with Gasteiger partial charge in [-0.2, -0.15) is 0 Å². The molecule has 20 heavy (non-hydrogen) atoms. The number of hydrogen-bond donors (Lipinski definition) is 1. The Labute approximate surface area is 119 Å². The SMILES string of the molecule is CCCCS(=O)(=O)NCc1ccnc(-c2ccco2)c1. The summed E-state index contributed by atoms with van der Waals surface area (Å²) in [6, 6.07) is 7.21. The zero-order valence-electron chi connectivity index (χ0n) is 11.4. The second-order valence-electron chi connectivity index (χ2n) is 4.52. The molecule has 108 valence electrons. The van der Waals surface area contributed by atoms with Crippen LogP contribution in [-0.4, -0.2) is 19.2 Å². The van der Waals surface area contributed by atoms with Crippen LogP contribution in [0.3, 0.4) is 0 Å². The fraction of sp³-hybridized carbons (Fsp3) is 0.357. The van der Waals surface area contributed by atoms with Crippen molar-refractivity contribution >= 4 is 10.0 Å². The molecule has 0 amide bonds. The van der Waals surface area contributed by atoms with Gasteiger partial charge in [-0.05, 0) is 36.2 Å². The summed E-state index contributed by atoms with van der Waals surface area (Å²) in [7, 11) is -3.20. The molecule has 2 heterocycles. The van der Waals surface area contributed by atoms with Gasteiger partial charge in [0.2, 0.25) is 10.0 Å². The van der Waals surface area contributed by atoms with E-state index < -0.39 is 10.0 Å². The molecule has 2 aromatic heterocycles. The van der Waals surface area contributed by atoms with Gasteiger partial charge in [-0.3, -0.25) is 4.98 Å². The normalized spacial score (nSPS) is 11.7. The van der Waals surface area contributed by atoms with Crippen molar-refractivity contribution < 1.29 is 12.8 Å². The number of sulfonamides is 1. The molecule has 0 aliphatic carbocycles. The van der Waals surface area contributed by atoms with Crippen molar-refractivity contribution in [3.8, 4) is 11.5 Å².